The van der Waals surface area contributed by atoms with Gasteiger partial charge in [-0.25, -0.2) is 0 Å². The van der Waals surface area contributed by atoms with Gasteiger partial charge < -0.3 is 10.4 Å². The second-order valence-corrected chi connectivity index (χ2v) is 5.16. The van der Waals surface area contributed by atoms with E-state index >= 15 is 0 Å². The van der Waals surface area contributed by atoms with Gasteiger partial charge in [-0.2, -0.15) is 4.80 Å². The highest BCUT2D eigenvalue weighted by atomic mass is 16.3. The fourth-order valence-corrected chi connectivity index (χ4v) is 2.35. The van der Waals surface area contributed by atoms with E-state index in [2.05, 4.69) is 39.8 Å². The van der Waals surface area contributed by atoms with Crippen LogP contribution in [0, 0.1) is 0 Å². The van der Waals surface area contributed by atoms with Gasteiger partial charge in [0.15, 0.2) is 0 Å². The lowest BCUT2D eigenvalue weighted by Crippen LogP contribution is -2.05. The molecule has 118 valence electrons. The zero-order chi connectivity index (χ0) is 16.1. The maximum Gasteiger partial charge on any atom is 0.207 e. The van der Waals surface area contributed by atoms with Crippen LogP contribution in [0.1, 0.15) is 12.5 Å². The molecule has 0 bridgehead atoms. The molecule has 0 amide bonds. The van der Waals surface area contributed by atoms with E-state index in [9.17, 15) is 0 Å². The SMILES string of the molecule is CCc1cccc(Nc2ccccc2-c2nnn(CCO)n2)c1. The molecular formula is C17H19N5O. The Bertz CT molecular complexity index is 784. The first-order valence-corrected chi connectivity index (χ1v) is 7.64. The van der Waals surface area contributed by atoms with Crippen molar-refractivity contribution < 1.29 is 5.11 Å². The predicted octanol–water partition coefficient (Wildman–Crippen LogP) is 2.64. The number of aliphatic hydroxyl groups excluding tert-OH is 1. The standard InChI is InChI=1S/C17H19N5O/c1-2-13-6-5-7-14(12-13)18-16-9-4-3-8-15(16)17-19-21-22(20-17)10-11-23/h3-9,12,18,23H,2,10-11H2,1H3. The van der Waals surface area contributed by atoms with Crippen LogP contribution in [0.2, 0.25) is 0 Å². The summed E-state index contributed by atoms with van der Waals surface area (Å²) in [4.78, 5) is 1.39. The Kier molecular flexibility index (Phi) is 4.63. The predicted molar refractivity (Wildman–Crippen MR) is 89.4 cm³/mol. The van der Waals surface area contributed by atoms with Crippen molar-refractivity contribution in [3.63, 3.8) is 0 Å². The minimum absolute atomic E-state index is 0.0144. The first kappa shape index (κ1) is 15.2. The summed E-state index contributed by atoms with van der Waals surface area (Å²) in [7, 11) is 0. The molecule has 0 aliphatic heterocycles. The Morgan fingerprint density at radius 2 is 2.00 bits per heavy atom. The number of tetrazole rings is 1. The molecule has 6 heteroatoms. The summed E-state index contributed by atoms with van der Waals surface area (Å²) in [6.45, 7) is 2.46. The van der Waals surface area contributed by atoms with Gasteiger partial charge in [0.2, 0.25) is 5.82 Å². The Labute approximate surface area is 134 Å². The Hall–Kier alpha value is -2.73. The third-order valence-corrected chi connectivity index (χ3v) is 3.54. The van der Waals surface area contributed by atoms with E-state index in [1.54, 1.807) is 0 Å². The van der Waals surface area contributed by atoms with Crippen molar-refractivity contribution in [1.82, 2.24) is 20.2 Å². The van der Waals surface area contributed by atoms with Gasteiger partial charge in [0.05, 0.1) is 13.2 Å². The van der Waals surface area contributed by atoms with Crippen LogP contribution in [0.25, 0.3) is 11.4 Å². The topological polar surface area (TPSA) is 75.9 Å². The van der Waals surface area contributed by atoms with E-state index < -0.39 is 0 Å². The third kappa shape index (κ3) is 3.54. The van der Waals surface area contributed by atoms with Gasteiger partial charge in [0.25, 0.3) is 0 Å². The molecule has 1 heterocycles. The number of nitrogens with zero attached hydrogens (tertiary/aromatic N) is 4. The number of benzene rings is 2. The number of rotatable bonds is 6. The molecular weight excluding hydrogens is 290 g/mol. The van der Waals surface area contributed by atoms with Crippen molar-refractivity contribution in [2.24, 2.45) is 0 Å². The van der Waals surface area contributed by atoms with Crippen molar-refractivity contribution in [2.45, 2.75) is 19.9 Å². The molecule has 0 aliphatic rings. The molecule has 0 fully saturated rings. The lowest BCUT2D eigenvalue weighted by atomic mass is 10.1. The number of anilines is 2. The van der Waals surface area contributed by atoms with Crippen LogP contribution in [0.3, 0.4) is 0 Å². The van der Waals surface area contributed by atoms with Gasteiger partial charge in [-0.3, -0.25) is 0 Å². The molecule has 2 N–H and O–H groups in total. The lowest BCUT2D eigenvalue weighted by molar-refractivity contribution is 0.259. The van der Waals surface area contributed by atoms with Crippen molar-refractivity contribution in [3.8, 4) is 11.4 Å². The average molecular weight is 309 g/mol. The molecule has 0 saturated heterocycles. The van der Waals surface area contributed by atoms with Crippen molar-refractivity contribution in [3.05, 3.63) is 54.1 Å². The zero-order valence-corrected chi connectivity index (χ0v) is 13.0. The van der Waals surface area contributed by atoms with Gasteiger partial charge >= 0.3 is 0 Å². The van der Waals surface area contributed by atoms with Gasteiger partial charge in [-0.1, -0.05) is 31.2 Å². The van der Waals surface area contributed by atoms with Crippen LogP contribution >= 0.6 is 0 Å². The highest BCUT2D eigenvalue weighted by Crippen LogP contribution is 2.27. The summed E-state index contributed by atoms with van der Waals surface area (Å²) in [6, 6.07) is 16.2. The second kappa shape index (κ2) is 7.02. The van der Waals surface area contributed by atoms with E-state index in [0.717, 1.165) is 23.4 Å². The summed E-state index contributed by atoms with van der Waals surface area (Å²) in [5.41, 5.74) is 4.10. The molecule has 23 heavy (non-hydrogen) atoms. The summed E-state index contributed by atoms with van der Waals surface area (Å²) < 4.78 is 0. The number of para-hydroxylation sites is 1. The van der Waals surface area contributed by atoms with Gasteiger partial charge in [-0.05, 0) is 41.5 Å². The Morgan fingerprint density at radius 1 is 1.13 bits per heavy atom. The monoisotopic (exact) mass is 309 g/mol. The number of aromatic nitrogens is 4. The summed E-state index contributed by atoms with van der Waals surface area (Å²) in [5.74, 6) is 0.535. The number of aryl methyl sites for hydroxylation is 1. The average Bonchev–Trinajstić information content (AvgIpc) is 3.04. The lowest BCUT2D eigenvalue weighted by Gasteiger charge is -2.10. The number of nitrogens with one attached hydrogen (secondary N) is 1. The van der Waals surface area contributed by atoms with E-state index in [-0.39, 0.29) is 6.61 Å². The Morgan fingerprint density at radius 3 is 2.83 bits per heavy atom. The maximum atomic E-state index is 8.96. The molecule has 0 unspecified atom stereocenters. The number of hydrogen-bond acceptors (Lipinski definition) is 5. The van der Waals surface area contributed by atoms with Crippen LogP contribution in [0.4, 0.5) is 11.4 Å². The molecule has 0 spiro atoms. The van der Waals surface area contributed by atoms with E-state index in [0.29, 0.717) is 12.4 Å². The van der Waals surface area contributed by atoms with Gasteiger partial charge in [-0.15, -0.1) is 10.2 Å². The van der Waals surface area contributed by atoms with Crippen LogP contribution < -0.4 is 5.32 Å². The van der Waals surface area contributed by atoms with E-state index in [4.69, 9.17) is 5.11 Å². The Balaban J connectivity index is 1.90. The van der Waals surface area contributed by atoms with Crippen molar-refractivity contribution in [2.75, 3.05) is 11.9 Å². The third-order valence-electron chi connectivity index (χ3n) is 3.54. The fourth-order valence-electron chi connectivity index (χ4n) is 2.35. The summed E-state index contributed by atoms with van der Waals surface area (Å²) >= 11 is 0. The van der Waals surface area contributed by atoms with Crippen LogP contribution in [-0.2, 0) is 13.0 Å². The molecule has 2 aromatic carbocycles. The second-order valence-electron chi connectivity index (χ2n) is 5.16. The fraction of sp³-hybridized carbons (Fsp3) is 0.235. The van der Waals surface area contributed by atoms with Crippen LogP contribution in [0.5, 0.6) is 0 Å². The van der Waals surface area contributed by atoms with E-state index in [1.165, 1.54) is 10.4 Å². The molecule has 0 saturated carbocycles. The molecule has 0 aliphatic carbocycles. The van der Waals surface area contributed by atoms with Gasteiger partial charge in [0, 0.05) is 16.9 Å². The summed E-state index contributed by atoms with van der Waals surface area (Å²) in [6.07, 6.45) is 0.994. The molecule has 0 atom stereocenters. The summed E-state index contributed by atoms with van der Waals surface area (Å²) in [5, 5.41) is 24.7. The highest BCUT2D eigenvalue weighted by Gasteiger charge is 2.11. The van der Waals surface area contributed by atoms with Crippen molar-refractivity contribution in [1.29, 1.82) is 0 Å². The minimum Gasteiger partial charge on any atom is -0.394 e. The molecule has 6 nitrogen and oxygen atoms in total. The molecule has 1 aromatic heterocycles. The van der Waals surface area contributed by atoms with E-state index in [1.807, 2.05) is 36.4 Å². The molecule has 0 radical (unpaired) electrons. The molecule has 3 aromatic rings. The minimum atomic E-state index is -0.0144. The molecule has 3 rings (SSSR count). The van der Waals surface area contributed by atoms with Crippen LogP contribution in [-0.4, -0.2) is 31.9 Å². The first-order valence-electron chi connectivity index (χ1n) is 7.64. The first-order chi connectivity index (χ1) is 11.3. The van der Waals surface area contributed by atoms with Crippen LogP contribution in [0.15, 0.2) is 48.5 Å². The zero-order valence-electron chi connectivity index (χ0n) is 13.0. The number of aliphatic hydroxyl groups is 1. The largest absolute Gasteiger partial charge is 0.394 e. The van der Waals surface area contributed by atoms with Gasteiger partial charge in [0.1, 0.15) is 0 Å². The number of hydrogen-bond donors (Lipinski definition) is 2. The normalized spacial score (nSPS) is 10.7. The van der Waals surface area contributed by atoms with Crippen molar-refractivity contribution >= 4 is 11.4 Å². The smallest absolute Gasteiger partial charge is 0.207 e. The maximum absolute atomic E-state index is 8.96. The highest BCUT2D eigenvalue weighted by molar-refractivity contribution is 5.77. The quantitative estimate of drug-likeness (QED) is 0.732.